The van der Waals surface area contributed by atoms with Crippen LogP contribution >= 0.6 is 11.6 Å². The Morgan fingerprint density at radius 3 is 2.32 bits per heavy atom. The highest BCUT2D eigenvalue weighted by molar-refractivity contribution is 7.92. The molecule has 1 aliphatic heterocycles. The topological polar surface area (TPSA) is 221 Å². The highest BCUT2D eigenvalue weighted by atomic mass is 35.5. The van der Waals surface area contributed by atoms with Gasteiger partial charge in [-0.3, -0.25) is 39.1 Å². The average molecular weight is 989 g/mol. The van der Waals surface area contributed by atoms with E-state index in [4.69, 9.17) is 16.3 Å². The first-order valence-corrected chi connectivity index (χ1v) is 25.5. The molecule has 5 N–H and O–H groups in total. The number of likely N-dealkylation sites (tertiary alicyclic amines) is 1. The van der Waals surface area contributed by atoms with Crippen molar-refractivity contribution in [2.24, 2.45) is 0 Å². The highest BCUT2D eigenvalue weighted by Gasteiger charge is 2.31. The lowest BCUT2D eigenvalue weighted by Crippen LogP contribution is -2.48. The second-order valence-electron chi connectivity index (χ2n) is 17.7. The van der Waals surface area contributed by atoms with Crippen molar-refractivity contribution in [3.8, 4) is 5.75 Å². The summed E-state index contributed by atoms with van der Waals surface area (Å²) in [5, 5.41) is 14.5. The van der Waals surface area contributed by atoms with E-state index in [2.05, 4.69) is 54.4 Å². The number of hydrogen-bond donors (Lipinski definition) is 5. The quantitative estimate of drug-likeness (QED) is 0.0316. The van der Waals surface area contributed by atoms with Crippen LogP contribution in [0, 0.1) is 13.8 Å². The molecule has 5 amide bonds. The van der Waals surface area contributed by atoms with Gasteiger partial charge in [0.2, 0.25) is 30.6 Å². The fourth-order valence-electron chi connectivity index (χ4n) is 8.25. The number of nitrogens with one attached hydrogen (secondary N) is 5. The van der Waals surface area contributed by atoms with Gasteiger partial charge in [-0.15, -0.1) is 0 Å². The number of para-hydroxylation sites is 1. The first-order chi connectivity index (χ1) is 33.0. The lowest BCUT2D eigenvalue weighted by atomic mass is 9.86. The van der Waals surface area contributed by atoms with Crippen molar-refractivity contribution in [2.45, 2.75) is 122 Å². The van der Waals surface area contributed by atoms with E-state index < -0.39 is 32.9 Å². The van der Waals surface area contributed by atoms with E-state index in [9.17, 15) is 32.4 Å². The molecule has 4 aromatic rings. The lowest BCUT2D eigenvalue weighted by molar-refractivity contribution is -0.133. The molecule has 1 atom stereocenters. The van der Waals surface area contributed by atoms with Crippen LogP contribution in [0.1, 0.15) is 113 Å². The molecule has 1 unspecified atom stereocenters. The van der Waals surface area contributed by atoms with Crippen molar-refractivity contribution in [2.75, 3.05) is 48.7 Å². The van der Waals surface area contributed by atoms with Crippen molar-refractivity contribution < 1.29 is 37.1 Å². The number of ether oxygens (including phenoxy) is 1. The Hall–Kier alpha value is -6.11. The summed E-state index contributed by atoms with van der Waals surface area (Å²) in [5.74, 6) is 0.0590. The number of sulfone groups is 1. The minimum Gasteiger partial charge on any atom is -0.489 e. The van der Waals surface area contributed by atoms with Crippen molar-refractivity contribution in [3.05, 3.63) is 88.1 Å². The number of carbonyl (C=O) groups excluding carboxylic acids is 5. The van der Waals surface area contributed by atoms with Crippen LogP contribution < -0.4 is 31.3 Å². The monoisotopic (exact) mass is 987 g/mol. The van der Waals surface area contributed by atoms with Crippen LogP contribution in [0.4, 0.5) is 28.8 Å². The Morgan fingerprint density at radius 2 is 1.64 bits per heavy atom. The number of imide groups is 2. The Bertz CT molecular complexity index is 2550. The molecule has 0 radical (unpaired) electrons. The van der Waals surface area contributed by atoms with Gasteiger partial charge >= 0.3 is 0 Å². The van der Waals surface area contributed by atoms with Crippen molar-refractivity contribution >= 4 is 80.8 Å². The van der Waals surface area contributed by atoms with E-state index in [0.717, 1.165) is 61.3 Å². The maximum absolute atomic E-state index is 13.4. The number of aryl methyl sites for hydroxylation is 1. The summed E-state index contributed by atoms with van der Waals surface area (Å²) in [5.41, 5.74) is 4.93. The van der Waals surface area contributed by atoms with Gasteiger partial charge in [0.05, 0.1) is 40.4 Å². The largest absolute Gasteiger partial charge is 0.489 e. The number of piperidine rings is 1. The number of unbranched alkanes of at least 4 members (excludes halogenated alkanes) is 2. The van der Waals surface area contributed by atoms with E-state index in [-0.39, 0.29) is 58.0 Å². The standard InChI is InChI=1S/C50H66ClN9O8S/c1-8-15-43(48(64)55-30-61)60(31-62)49(65)37-16-14-18-40(35(37)7)52-22-12-9-13-23-53-46(63)29-59-24-20-36(21-25-59)38-27-44(68-32(2)3)42(26-34(38)6)57-50-54-28-39(51)47(58-50)56-41-17-10-11-19-45(41)69(66,67)33(4)5/h10-11,14,16-19,26-28,30-33,36,43,52H,8-9,12-13,15,20-25,29H2,1-7H3,(H,53,63)(H,55,61,64)(H2,54,56,57,58). The number of nitrogens with zero attached hydrogens (tertiary/aromatic N) is 4. The third-order valence-electron chi connectivity index (χ3n) is 12.0. The third kappa shape index (κ3) is 14.5. The number of halogens is 1. The predicted molar refractivity (Wildman–Crippen MR) is 269 cm³/mol. The molecule has 1 aliphatic rings. The smallest absolute Gasteiger partial charge is 0.261 e. The van der Waals surface area contributed by atoms with E-state index in [1.165, 1.54) is 11.8 Å². The molecular weight excluding hydrogens is 922 g/mol. The van der Waals surface area contributed by atoms with Gasteiger partial charge in [0, 0.05) is 24.3 Å². The van der Waals surface area contributed by atoms with Crippen LogP contribution in [0.25, 0.3) is 0 Å². The molecule has 1 saturated heterocycles. The average Bonchev–Trinajstić information content (AvgIpc) is 3.31. The van der Waals surface area contributed by atoms with Gasteiger partial charge in [-0.1, -0.05) is 43.1 Å². The summed E-state index contributed by atoms with van der Waals surface area (Å²) in [6, 6.07) is 14.8. The minimum absolute atomic E-state index is 0.00957. The van der Waals surface area contributed by atoms with Crippen molar-refractivity contribution in [3.63, 3.8) is 0 Å². The molecular formula is C50H66ClN9O8S. The molecule has 19 heteroatoms. The number of rotatable bonds is 25. The first kappa shape index (κ1) is 53.8. The van der Waals surface area contributed by atoms with Crippen LogP contribution in [0.5, 0.6) is 5.75 Å². The Morgan fingerprint density at radius 1 is 0.928 bits per heavy atom. The highest BCUT2D eigenvalue weighted by Crippen LogP contribution is 2.39. The van der Waals surface area contributed by atoms with Crippen LogP contribution in [0.3, 0.4) is 0 Å². The van der Waals surface area contributed by atoms with Gasteiger partial charge in [-0.2, -0.15) is 4.98 Å². The number of benzene rings is 3. The molecule has 372 valence electrons. The second kappa shape index (κ2) is 25.5. The lowest BCUT2D eigenvalue weighted by Gasteiger charge is -2.33. The molecule has 3 aromatic carbocycles. The number of aromatic nitrogens is 2. The van der Waals surface area contributed by atoms with Gasteiger partial charge in [0.1, 0.15) is 16.8 Å². The molecule has 0 saturated carbocycles. The first-order valence-electron chi connectivity index (χ1n) is 23.5. The van der Waals surface area contributed by atoms with E-state index in [1.54, 1.807) is 57.2 Å². The zero-order valence-corrected chi connectivity index (χ0v) is 42.1. The molecule has 1 fully saturated rings. The van der Waals surface area contributed by atoms with Gasteiger partial charge in [-0.05, 0) is 152 Å². The van der Waals surface area contributed by atoms with E-state index >= 15 is 0 Å². The van der Waals surface area contributed by atoms with E-state index in [1.807, 2.05) is 32.9 Å². The molecule has 2 heterocycles. The SMILES string of the molecule is CCCC(C(=O)NC=O)N(C=O)C(=O)c1cccc(NCCCCCNC(=O)CN2CCC(c3cc(OC(C)C)c(Nc4ncc(Cl)c(Nc5ccccc5S(=O)(=O)C(C)C)n4)cc3C)CC2)c1C. The van der Waals surface area contributed by atoms with Crippen LogP contribution in [0.2, 0.25) is 5.02 Å². The van der Waals surface area contributed by atoms with Crippen LogP contribution in [-0.4, -0.2) is 109 Å². The molecule has 1 aromatic heterocycles. The Kier molecular flexibility index (Phi) is 19.9. The van der Waals surface area contributed by atoms with Crippen LogP contribution in [0.15, 0.2) is 65.7 Å². The Labute approximate surface area is 410 Å². The number of carbonyl (C=O) groups is 5. The maximum Gasteiger partial charge on any atom is 0.261 e. The molecule has 17 nitrogen and oxygen atoms in total. The fraction of sp³-hybridized carbons (Fsp3) is 0.460. The predicted octanol–water partition coefficient (Wildman–Crippen LogP) is 7.82. The molecule has 0 aliphatic carbocycles. The van der Waals surface area contributed by atoms with E-state index in [0.29, 0.717) is 55.2 Å². The van der Waals surface area contributed by atoms with Crippen molar-refractivity contribution in [1.82, 2.24) is 30.4 Å². The number of anilines is 5. The van der Waals surface area contributed by atoms with Gasteiger partial charge in [0.15, 0.2) is 15.7 Å². The summed E-state index contributed by atoms with van der Waals surface area (Å²) >= 11 is 6.51. The van der Waals surface area contributed by atoms with Gasteiger partial charge < -0.3 is 26.0 Å². The molecule has 0 bridgehead atoms. The summed E-state index contributed by atoms with van der Waals surface area (Å²) in [6.07, 6.45) is 6.89. The second-order valence-corrected chi connectivity index (χ2v) is 20.6. The minimum atomic E-state index is -3.59. The van der Waals surface area contributed by atoms with Gasteiger partial charge in [-0.25, -0.2) is 13.4 Å². The zero-order chi connectivity index (χ0) is 50.3. The summed E-state index contributed by atoms with van der Waals surface area (Å²) < 4.78 is 32.5. The Balaban J connectivity index is 1.09. The molecule has 0 spiro atoms. The fourth-order valence-corrected chi connectivity index (χ4v) is 9.59. The van der Waals surface area contributed by atoms with Crippen molar-refractivity contribution in [1.29, 1.82) is 0 Å². The molecule has 69 heavy (non-hydrogen) atoms. The number of hydrogen-bond acceptors (Lipinski definition) is 14. The number of amides is 5. The van der Waals surface area contributed by atoms with Gasteiger partial charge in [0.25, 0.3) is 5.91 Å². The zero-order valence-electron chi connectivity index (χ0n) is 40.6. The maximum atomic E-state index is 13.4. The normalized spacial score (nSPS) is 13.7. The summed E-state index contributed by atoms with van der Waals surface area (Å²) in [6.45, 7) is 15.9. The van der Waals surface area contributed by atoms with Crippen LogP contribution in [-0.2, 0) is 29.0 Å². The summed E-state index contributed by atoms with van der Waals surface area (Å²) in [7, 11) is -3.59. The summed E-state index contributed by atoms with van der Waals surface area (Å²) in [4.78, 5) is 73.9. The molecule has 5 rings (SSSR count). The third-order valence-corrected chi connectivity index (χ3v) is 14.5.